The Labute approximate surface area is 166 Å². The number of esters is 1. The molecule has 0 aliphatic rings. The summed E-state index contributed by atoms with van der Waals surface area (Å²) in [6, 6.07) is 5.91. The average molecular weight is 406 g/mol. The number of anilines is 1. The van der Waals surface area contributed by atoms with E-state index >= 15 is 0 Å². The van der Waals surface area contributed by atoms with Gasteiger partial charge in [0.2, 0.25) is 0 Å². The lowest BCUT2D eigenvalue weighted by atomic mass is 10.2. The summed E-state index contributed by atoms with van der Waals surface area (Å²) in [5.74, 6) is -0.303. The largest absolute Gasteiger partial charge is 0.490 e. The normalized spacial score (nSPS) is 10.1. The molecule has 28 heavy (non-hydrogen) atoms. The van der Waals surface area contributed by atoms with Crippen LogP contribution in [0, 0.1) is 6.92 Å². The molecule has 0 atom stereocenters. The zero-order valence-corrected chi connectivity index (χ0v) is 16.7. The molecule has 3 amide bonds. The Morgan fingerprint density at radius 2 is 1.75 bits per heavy atom. The number of carbonyl (C=O) groups excluding carboxylic acids is 3. The Balaban J connectivity index is 1.87. The van der Waals surface area contributed by atoms with E-state index in [1.807, 2.05) is 13.8 Å². The van der Waals surface area contributed by atoms with Gasteiger partial charge in [-0.3, -0.25) is 10.1 Å². The van der Waals surface area contributed by atoms with Crippen LogP contribution in [0.5, 0.6) is 11.5 Å². The van der Waals surface area contributed by atoms with Crippen molar-refractivity contribution in [3.05, 3.63) is 40.1 Å². The molecular weight excluding hydrogens is 384 g/mol. The smallest absolute Gasteiger partial charge is 0.349 e. The number of aryl methyl sites for hydroxylation is 1. The molecule has 0 aliphatic heterocycles. The summed E-state index contributed by atoms with van der Waals surface area (Å²) < 4.78 is 15.9. The molecule has 1 aromatic heterocycles. The minimum absolute atomic E-state index is 0.420. The van der Waals surface area contributed by atoms with Gasteiger partial charge in [0.15, 0.2) is 18.1 Å². The van der Waals surface area contributed by atoms with Crippen molar-refractivity contribution < 1.29 is 28.6 Å². The lowest BCUT2D eigenvalue weighted by molar-refractivity contribution is -0.123. The van der Waals surface area contributed by atoms with Gasteiger partial charge in [0.25, 0.3) is 5.91 Å². The fourth-order valence-electron chi connectivity index (χ4n) is 2.23. The van der Waals surface area contributed by atoms with Crippen molar-refractivity contribution in [3.63, 3.8) is 0 Å². The van der Waals surface area contributed by atoms with Crippen LogP contribution in [0.1, 0.15) is 29.1 Å². The highest BCUT2D eigenvalue weighted by molar-refractivity contribution is 7.12. The first-order valence-corrected chi connectivity index (χ1v) is 9.54. The maximum atomic E-state index is 12.0. The third kappa shape index (κ3) is 5.98. The highest BCUT2D eigenvalue weighted by Crippen LogP contribution is 2.30. The molecule has 0 saturated carbocycles. The number of hydrogen-bond acceptors (Lipinski definition) is 7. The standard InChI is InChI=1S/C19H22N2O6S/c1-4-25-14-7-6-13(10-15(14)26-5-2)20-19(24)21-16(22)11-27-18(23)17-12(3)8-9-28-17/h6-10H,4-5,11H2,1-3H3,(H2,20,21,22,24). The number of nitrogens with one attached hydrogen (secondary N) is 2. The predicted molar refractivity (Wildman–Crippen MR) is 105 cm³/mol. The van der Waals surface area contributed by atoms with Gasteiger partial charge < -0.3 is 19.5 Å². The lowest BCUT2D eigenvalue weighted by Gasteiger charge is -2.13. The van der Waals surface area contributed by atoms with E-state index in [-0.39, 0.29) is 0 Å². The zero-order chi connectivity index (χ0) is 20.5. The maximum Gasteiger partial charge on any atom is 0.349 e. The number of hydrogen-bond donors (Lipinski definition) is 2. The van der Waals surface area contributed by atoms with Crippen molar-refractivity contribution in [1.29, 1.82) is 0 Å². The van der Waals surface area contributed by atoms with Gasteiger partial charge in [-0.15, -0.1) is 11.3 Å². The summed E-state index contributed by atoms with van der Waals surface area (Å²) in [7, 11) is 0. The number of amides is 3. The van der Waals surface area contributed by atoms with Crippen molar-refractivity contribution in [2.24, 2.45) is 0 Å². The predicted octanol–water partition coefficient (Wildman–Crippen LogP) is 3.36. The minimum Gasteiger partial charge on any atom is -0.490 e. The number of urea groups is 1. The second-order valence-electron chi connectivity index (χ2n) is 5.54. The highest BCUT2D eigenvalue weighted by Gasteiger charge is 2.16. The molecule has 0 fully saturated rings. The average Bonchev–Trinajstić information content (AvgIpc) is 3.08. The summed E-state index contributed by atoms with van der Waals surface area (Å²) in [5.41, 5.74) is 1.19. The number of ether oxygens (including phenoxy) is 3. The lowest BCUT2D eigenvalue weighted by Crippen LogP contribution is -2.37. The van der Waals surface area contributed by atoms with Crippen molar-refractivity contribution in [2.45, 2.75) is 20.8 Å². The first kappa shape index (κ1) is 21.2. The van der Waals surface area contributed by atoms with Crippen molar-refractivity contribution in [3.8, 4) is 11.5 Å². The molecule has 150 valence electrons. The van der Waals surface area contributed by atoms with E-state index in [4.69, 9.17) is 14.2 Å². The summed E-state index contributed by atoms with van der Waals surface area (Å²) >= 11 is 1.23. The number of benzene rings is 1. The van der Waals surface area contributed by atoms with E-state index in [2.05, 4.69) is 10.6 Å². The minimum atomic E-state index is -0.750. The van der Waals surface area contributed by atoms with Crippen molar-refractivity contribution >= 4 is 34.9 Å². The molecule has 0 spiro atoms. The number of rotatable bonds is 8. The van der Waals surface area contributed by atoms with Crippen LogP contribution in [0.3, 0.4) is 0 Å². The third-order valence-electron chi connectivity index (χ3n) is 3.44. The first-order chi connectivity index (χ1) is 13.4. The zero-order valence-electron chi connectivity index (χ0n) is 15.9. The van der Waals surface area contributed by atoms with Crippen LogP contribution in [0.4, 0.5) is 10.5 Å². The molecule has 2 rings (SSSR count). The Morgan fingerprint density at radius 3 is 2.39 bits per heavy atom. The van der Waals surface area contributed by atoms with Gasteiger partial charge in [0.1, 0.15) is 4.88 Å². The summed E-state index contributed by atoms with van der Waals surface area (Å²) in [6.07, 6.45) is 0. The molecule has 8 nitrogen and oxygen atoms in total. The van der Waals surface area contributed by atoms with Crippen LogP contribution in [0.25, 0.3) is 0 Å². The monoisotopic (exact) mass is 406 g/mol. The summed E-state index contributed by atoms with van der Waals surface area (Å²) in [4.78, 5) is 36.1. The van der Waals surface area contributed by atoms with Crippen LogP contribution < -0.4 is 20.1 Å². The molecule has 0 radical (unpaired) electrons. The van der Waals surface area contributed by atoms with Crippen LogP contribution in [-0.2, 0) is 9.53 Å². The van der Waals surface area contributed by atoms with Gasteiger partial charge in [-0.25, -0.2) is 9.59 Å². The molecule has 9 heteroatoms. The fourth-order valence-corrected chi connectivity index (χ4v) is 3.05. The van der Waals surface area contributed by atoms with Gasteiger partial charge in [-0.05, 0) is 49.9 Å². The van der Waals surface area contributed by atoms with Crippen molar-refractivity contribution in [2.75, 3.05) is 25.1 Å². The number of carbonyl (C=O) groups is 3. The fraction of sp³-hybridized carbons (Fsp3) is 0.316. The van der Waals surface area contributed by atoms with Crippen LogP contribution >= 0.6 is 11.3 Å². The van der Waals surface area contributed by atoms with Gasteiger partial charge in [-0.2, -0.15) is 0 Å². The molecule has 1 heterocycles. The van der Waals surface area contributed by atoms with E-state index in [1.54, 1.807) is 36.6 Å². The van der Waals surface area contributed by atoms with E-state index < -0.39 is 24.5 Å². The quantitative estimate of drug-likeness (QED) is 0.652. The van der Waals surface area contributed by atoms with Crippen LogP contribution in [0.2, 0.25) is 0 Å². The Hall–Kier alpha value is -3.07. The second-order valence-corrected chi connectivity index (χ2v) is 6.45. The van der Waals surface area contributed by atoms with Crippen molar-refractivity contribution in [1.82, 2.24) is 5.32 Å². The Bertz CT molecular complexity index is 849. The van der Waals surface area contributed by atoms with Gasteiger partial charge in [0.05, 0.1) is 13.2 Å². The molecular formula is C19H22N2O6S. The molecule has 0 unspecified atom stereocenters. The Kier molecular flexibility index (Phi) is 7.82. The third-order valence-corrected chi connectivity index (χ3v) is 4.43. The Morgan fingerprint density at radius 1 is 1.04 bits per heavy atom. The first-order valence-electron chi connectivity index (χ1n) is 8.66. The van der Waals surface area contributed by atoms with Gasteiger partial charge in [0, 0.05) is 11.8 Å². The molecule has 1 aromatic carbocycles. The molecule has 2 aromatic rings. The molecule has 0 bridgehead atoms. The van der Waals surface area contributed by atoms with E-state index in [1.165, 1.54) is 11.3 Å². The SMILES string of the molecule is CCOc1ccc(NC(=O)NC(=O)COC(=O)c2sccc2C)cc1OCC. The van der Waals surface area contributed by atoms with E-state index in [0.29, 0.717) is 35.3 Å². The molecule has 0 aliphatic carbocycles. The maximum absolute atomic E-state index is 12.0. The summed E-state index contributed by atoms with van der Waals surface area (Å²) in [5, 5.41) is 6.38. The van der Waals surface area contributed by atoms with E-state index in [9.17, 15) is 14.4 Å². The topological polar surface area (TPSA) is 103 Å². The van der Waals surface area contributed by atoms with Crippen LogP contribution in [-0.4, -0.2) is 37.7 Å². The van der Waals surface area contributed by atoms with Gasteiger partial charge >= 0.3 is 12.0 Å². The van der Waals surface area contributed by atoms with E-state index in [0.717, 1.165) is 5.56 Å². The van der Waals surface area contributed by atoms with Crippen LogP contribution in [0.15, 0.2) is 29.6 Å². The highest BCUT2D eigenvalue weighted by atomic mass is 32.1. The van der Waals surface area contributed by atoms with Gasteiger partial charge in [-0.1, -0.05) is 0 Å². The number of thiophene rings is 1. The number of imide groups is 1. The molecule has 0 saturated heterocycles. The summed E-state index contributed by atoms with van der Waals surface area (Å²) in [6.45, 7) is 5.81. The second kappa shape index (κ2) is 10.3. The molecule has 2 N–H and O–H groups in total.